The fourth-order valence-corrected chi connectivity index (χ4v) is 4.01. The number of hydrogen-bond acceptors (Lipinski definition) is 4. The molecule has 3 heterocycles. The lowest BCUT2D eigenvalue weighted by atomic mass is 9.99. The van der Waals surface area contributed by atoms with Crippen LogP contribution >= 0.6 is 24.0 Å². The fourth-order valence-electron chi connectivity index (χ4n) is 4.01. The van der Waals surface area contributed by atoms with Gasteiger partial charge in [0.05, 0.1) is 0 Å². The Labute approximate surface area is 180 Å². The van der Waals surface area contributed by atoms with Crippen LogP contribution in [0.4, 0.5) is 0 Å². The van der Waals surface area contributed by atoms with E-state index in [9.17, 15) is 0 Å². The monoisotopic (exact) mass is 489 g/mol. The molecule has 7 nitrogen and oxygen atoms in total. The minimum absolute atomic E-state index is 0. The second-order valence-corrected chi connectivity index (χ2v) is 8.17. The van der Waals surface area contributed by atoms with E-state index in [1.165, 1.54) is 0 Å². The van der Waals surface area contributed by atoms with Crippen LogP contribution < -0.4 is 10.6 Å². The summed E-state index contributed by atoms with van der Waals surface area (Å²) in [5, 5.41) is 15.6. The van der Waals surface area contributed by atoms with Crippen molar-refractivity contribution in [1.82, 2.24) is 30.3 Å². The maximum absolute atomic E-state index is 4.91. The first-order chi connectivity index (χ1) is 12.5. The van der Waals surface area contributed by atoms with Crippen LogP contribution in [0.3, 0.4) is 0 Å². The molecule has 1 aromatic heterocycles. The Balaban J connectivity index is 0.00000261. The first kappa shape index (κ1) is 22.4. The van der Waals surface area contributed by atoms with Gasteiger partial charge < -0.3 is 15.2 Å². The van der Waals surface area contributed by atoms with E-state index in [-0.39, 0.29) is 24.0 Å². The Kier molecular flexibility index (Phi) is 8.33. The molecular weight excluding hydrogens is 453 g/mol. The molecule has 0 aromatic carbocycles. The van der Waals surface area contributed by atoms with Crippen molar-refractivity contribution in [2.75, 3.05) is 26.2 Å². The molecule has 3 rings (SSSR count). The summed E-state index contributed by atoms with van der Waals surface area (Å²) in [6.45, 7) is 16.0. The number of fused-ring (bicyclic) bond motifs is 1. The van der Waals surface area contributed by atoms with E-state index in [1.54, 1.807) is 0 Å². The quantitative estimate of drug-likeness (QED) is 0.377. The second-order valence-electron chi connectivity index (χ2n) is 8.17. The fraction of sp³-hybridized carbons (Fsp3) is 0.842. The number of hydrogen-bond donors (Lipinski definition) is 2. The summed E-state index contributed by atoms with van der Waals surface area (Å²) in [6.07, 6.45) is 2.15. The van der Waals surface area contributed by atoms with Crippen molar-refractivity contribution in [3.63, 3.8) is 0 Å². The molecule has 1 saturated heterocycles. The lowest BCUT2D eigenvalue weighted by molar-refractivity contribution is 0.265. The third kappa shape index (κ3) is 5.56. The Morgan fingerprint density at radius 3 is 2.70 bits per heavy atom. The Bertz CT molecular complexity index is 628. The van der Waals surface area contributed by atoms with Gasteiger partial charge in [0.25, 0.3) is 0 Å². The molecular formula is C19H36IN7. The maximum Gasteiger partial charge on any atom is 0.191 e. The van der Waals surface area contributed by atoms with Gasteiger partial charge in [-0.05, 0) is 46.0 Å². The van der Waals surface area contributed by atoms with Gasteiger partial charge in [-0.1, -0.05) is 6.92 Å². The number of aliphatic imine (C=N–C) groups is 1. The van der Waals surface area contributed by atoms with E-state index in [0.717, 1.165) is 63.2 Å². The van der Waals surface area contributed by atoms with Crippen LogP contribution in [0.1, 0.15) is 45.8 Å². The van der Waals surface area contributed by atoms with Gasteiger partial charge in [0.1, 0.15) is 11.6 Å². The highest BCUT2D eigenvalue weighted by atomic mass is 127. The van der Waals surface area contributed by atoms with Crippen molar-refractivity contribution in [2.24, 2.45) is 16.8 Å². The normalized spacial score (nSPS) is 26.0. The third-order valence-electron chi connectivity index (χ3n) is 5.77. The predicted octanol–water partition coefficient (Wildman–Crippen LogP) is 2.05. The molecule has 3 unspecified atom stereocenters. The summed E-state index contributed by atoms with van der Waals surface area (Å²) >= 11 is 0. The minimum Gasteiger partial charge on any atom is -0.357 e. The van der Waals surface area contributed by atoms with Gasteiger partial charge >= 0.3 is 0 Å². The van der Waals surface area contributed by atoms with Crippen molar-refractivity contribution < 1.29 is 0 Å². The predicted molar refractivity (Wildman–Crippen MR) is 121 cm³/mol. The van der Waals surface area contributed by atoms with Gasteiger partial charge in [0, 0.05) is 51.2 Å². The first-order valence-corrected chi connectivity index (χ1v) is 10.2. The van der Waals surface area contributed by atoms with Crippen molar-refractivity contribution in [2.45, 2.75) is 66.1 Å². The van der Waals surface area contributed by atoms with Crippen LogP contribution in [0.2, 0.25) is 0 Å². The van der Waals surface area contributed by atoms with E-state index in [4.69, 9.17) is 4.99 Å². The number of halogens is 1. The summed E-state index contributed by atoms with van der Waals surface area (Å²) in [5.41, 5.74) is 0. The number of guanidine groups is 1. The molecule has 0 saturated carbocycles. The number of rotatable bonds is 5. The Morgan fingerprint density at radius 2 is 2.04 bits per heavy atom. The number of nitrogens with one attached hydrogen (secondary N) is 2. The van der Waals surface area contributed by atoms with Crippen LogP contribution in [0.15, 0.2) is 4.99 Å². The summed E-state index contributed by atoms with van der Waals surface area (Å²) in [6, 6.07) is 1.07. The van der Waals surface area contributed by atoms with Crippen LogP contribution in [0.25, 0.3) is 0 Å². The molecule has 8 heteroatoms. The molecule has 2 aliphatic heterocycles. The molecule has 27 heavy (non-hydrogen) atoms. The van der Waals surface area contributed by atoms with Gasteiger partial charge in [-0.25, -0.2) is 0 Å². The molecule has 1 aromatic rings. The van der Waals surface area contributed by atoms with Gasteiger partial charge in [-0.2, -0.15) is 0 Å². The molecule has 2 aliphatic rings. The van der Waals surface area contributed by atoms with Crippen LogP contribution in [-0.2, 0) is 13.0 Å². The van der Waals surface area contributed by atoms with Gasteiger partial charge in [0.15, 0.2) is 5.96 Å². The highest BCUT2D eigenvalue weighted by Crippen LogP contribution is 2.21. The maximum atomic E-state index is 4.91. The number of aromatic nitrogens is 3. The minimum atomic E-state index is 0. The molecule has 3 atom stereocenters. The number of likely N-dealkylation sites (tertiary alicyclic amines) is 1. The number of nitrogens with zero attached hydrogens (tertiary/aromatic N) is 5. The lowest BCUT2D eigenvalue weighted by Crippen LogP contribution is -2.47. The van der Waals surface area contributed by atoms with Crippen LogP contribution in [0, 0.1) is 18.8 Å². The molecule has 0 bridgehead atoms. The zero-order chi connectivity index (χ0) is 18.7. The lowest BCUT2D eigenvalue weighted by Gasteiger charge is -2.24. The van der Waals surface area contributed by atoms with E-state index < -0.39 is 0 Å². The highest BCUT2D eigenvalue weighted by Gasteiger charge is 2.31. The summed E-state index contributed by atoms with van der Waals surface area (Å²) < 4.78 is 2.25. The van der Waals surface area contributed by atoms with Crippen molar-refractivity contribution in [3.8, 4) is 0 Å². The van der Waals surface area contributed by atoms with Gasteiger partial charge in [-0.3, -0.25) is 9.89 Å². The van der Waals surface area contributed by atoms with Crippen LogP contribution in [0.5, 0.6) is 0 Å². The number of aryl methyl sites for hydroxylation is 2. The Hall–Kier alpha value is -0.900. The molecule has 154 valence electrons. The standard InChI is InChI=1S/C19H35N7.HI/c1-6-20-19(22-17-12-25(13(2)3)10-14(17)4)21-9-16-7-8-18-24-23-15(5)26(18)11-16;/h13-14,16-17H,6-12H2,1-5H3,(H2,20,21,22);1H. The SMILES string of the molecule is CCNC(=NCC1CCc2nnc(C)n2C1)NC1CN(C(C)C)CC1C.I. The highest BCUT2D eigenvalue weighted by molar-refractivity contribution is 14.0. The largest absolute Gasteiger partial charge is 0.357 e. The molecule has 0 amide bonds. The zero-order valence-corrected chi connectivity index (χ0v) is 19.7. The average molecular weight is 489 g/mol. The van der Waals surface area contributed by atoms with Gasteiger partial charge in [0.2, 0.25) is 0 Å². The van der Waals surface area contributed by atoms with Crippen molar-refractivity contribution in [3.05, 3.63) is 11.6 Å². The zero-order valence-electron chi connectivity index (χ0n) is 17.4. The summed E-state index contributed by atoms with van der Waals surface area (Å²) in [7, 11) is 0. The molecule has 2 N–H and O–H groups in total. The summed E-state index contributed by atoms with van der Waals surface area (Å²) in [5.74, 6) is 4.30. The van der Waals surface area contributed by atoms with E-state index >= 15 is 0 Å². The second kappa shape index (κ2) is 10.0. The van der Waals surface area contributed by atoms with E-state index in [0.29, 0.717) is 23.9 Å². The molecule has 0 radical (unpaired) electrons. The summed E-state index contributed by atoms with van der Waals surface area (Å²) in [4.78, 5) is 7.46. The van der Waals surface area contributed by atoms with Gasteiger partial charge in [-0.15, -0.1) is 34.2 Å². The smallest absolute Gasteiger partial charge is 0.191 e. The van der Waals surface area contributed by atoms with Crippen LogP contribution in [-0.4, -0.2) is 63.9 Å². The van der Waals surface area contributed by atoms with E-state index in [1.807, 2.05) is 6.92 Å². The first-order valence-electron chi connectivity index (χ1n) is 10.2. The Morgan fingerprint density at radius 1 is 1.26 bits per heavy atom. The van der Waals surface area contributed by atoms with Crippen molar-refractivity contribution >= 4 is 29.9 Å². The third-order valence-corrected chi connectivity index (χ3v) is 5.77. The molecule has 0 spiro atoms. The molecule has 1 fully saturated rings. The average Bonchev–Trinajstić information content (AvgIpc) is 3.16. The molecule has 0 aliphatic carbocycles. The van der Waals surface area contributed by atoms with E-state index in [2.05, 4.69) is 58.0 Å². The van der Waals surface area contributed by atoms with Crippen molar-refractivity contribution in [1.29, 1.82) is 0 Å². The topological polar surface area (TPSA) is 70.4 Å².